The summed E-state index contributed by atoms with van der Waals surface area (Å²) in [7, 11) is 0. The minimum absolute atomic E-state index is 0.547. The number of nitrogens with zero attached hydrogens (tertiary/aromatic N) is 2. The Balaban J connectivity index is 1.84. The second-order valence-electron chi connectivity index (χ2n) is 5.85. The SMILES string of the molecule is Cc1ccc(C(O)C2OC(n3ccc(C)c3I)C(O)C2O)cn1. The summed E-state index contributed by atoms with van der Waals surface area (Å²) in [6, 6.07) is 5.44. The zero-order valence-corrected chi connectivity index (χ0v) is 15.0. The predicted octanol–water partition coefficient (Wildman–Crippen LogP) is 1.46. The standard InChI is InChI=1S/C16H19IN2O4/c1-8-5-6-19(15(8)17)16-13(22)12(21)14(23-16)11(20)10-4-3-9(2)18-7-10/h3-7,11-14,16,20-22H,1-2H3. The van der Waals surface area contributed by atoms with E-state index < -0.39 is 30.6 Å². The van der Waals surface area contributed by atoms with Gasteiger partial charge in [0.15, 0.2) is 6.23 Å². The average Bonchev–Trinajstić information content (AvgIpc) is 3.01. The molecular weight excluding hydrogens is 411 g/mol. The fourth-order valence-corrected chi connectivity index (χ4v) is 3.36. The van der Waals surface area contributed by atoms with Crippen LogP contribution in [-0.4, -0.2) is 43.2 Å². The number of pyridine rings is 1. The summed E-state index contributed by atoms with van der Waals surface area (Å²) in [5.41, 5.74) is 2.44. The zero-order chi connectivity index (χ0) is 16.7. The first kappa shape index (κ1) is 16.8. The number of rotatable bonds is 3. The molecule has 0 aromatic carbocycles. The Morgan fingerprint density at radius 2 is 1.96 bits per heavy atom. The van der Waals surface area contributed by atoms with Crippen molar-refractivity contribution in [1.82, 2.24) is 9.55 Å². The van der Waals surface area contributed by atoms with Crippen molar-refractivity contribution in [3.63, 3.8) is 0 Å². The summed E-state index contributed by atoms with van der Waals surface area (Å²) >= 11 is 2.16. The second-order valence-corrected chi connectivity index (χ2v) is 6.87. The maximum Gasteiger partial charge on any atom is 0.163 e. The molecule has 3 N–H and O–H groups in total. The van der Waals surface area contributed by atoms with Crippen LogP contribution >= 0.6 is 22.6 Å². The van der Waals surface area contributed by atoms with Crippen LogP contribution in [0.25, 0.3) is 0 Å². The van der Waals surface area contributed by atoms with Gasteiger partial charge in [0.2, 0.25) is 0 Å². The molecule has 2 aromatic rings. The highest BCUT2D eigenvalue weighted by Gasteiger charge is 2.47. The first-order valence-electron chi connectivity index (χ1n) is 7.35. The molecule has 23 heavy (non-hydrogen) atoms. The third-order valence-electron chi connectivity index (χ3n) is 4.17. The smallest absolute Gasteiger partial charge is 0.163 e. The minimum atomic E-state index is -1.19. The molecule has 0 saturated carbocycles. The van der Waals surface area contributed by atoms with Crippen LogP contribution in [0.1, 0.15) is 29.2 Å². The molecule has 1 fully saturated rings. The highest BCUT2D eigenvalue weighted by Crippen LogP contribution is 2.37. The van der Waals surface area contributed by atoms with E-state index in [9.17, 15) is 15.3 Å². The van der Waals surface area contributed by atoms with Gasteiger partial charge in [-0.15, -0.1) is 0 Å². The van der Waals surface area contributed by atoms with Crippen molar-refractivity contribution in [1.29, 1.82) is 0 Å². The van der Waals surface area contributed by atoms with Crippen LogP contribution in [0.5, 0.6) is 0 Å². The largest absolute Gasteiger partial charge is 0.387 e. The van der Waals surface area contributed by atoms with Crippen molar-refractivity contribution in [2.45, 2.75) is 44.5 Å². The molecule has 7 heteroatoms. The normalized spacial score (nSPS) is 29.0. The molecule has 0 aliphatic carbocycles. The van der Waals surface area contributed by atoms with Gasteiger partial charge >= 0.3 is 0 Å². The molecule has 5 unspecified atom stereocenters. The number of aromatic nitrogens is 2. The van der Waals surface area contributed by atoms with E-state index in [1.165, 1.54) is 0 Å². The van der Waals surface area contributed by atoms with Gasteiger partial charge in [-0.05, 0) is 54.1 Å². The van der Waals surface area contributed by atoms with E-state index in [1.54, 1.807) is 29.1 Å². The van der Waals surface area contributed by atoms with Gasteiger partial charge < -0.3 is 24.6 Å². The topological polar surface area (TPSA) is 87.7 Å². The second kappa shape index (κ2) is 6.48. The van der Waals surface area contributed by atoms with Crippen molar-refractivity contribution in [3.8, 4) is 0 Å². The molecule has 0 amide bonds. The van der Waals surface area contributed by atoms with Crippen LogP contribution in [0, 0.1) is 17.5 Å². The Bertz CT molecular complexity index is 688. The van der Waals surface area contributed by atoms with E-state index in [2.05, 4.69) is 27.6 Å². The predicted molar refractivity (Wildman–Crippen MR) is 91.7 cm³/mol. The maximum atomic E-state index is 10.5. The van der Waals surface area contributed by atoms with Crippen LogP contribution in [0.2, 0.25) is 0 Å². The third kappa shape index (κ3) is 3.03. The highest BCUT2D eigenvalue weighted by atomic mass is 127. The van der Waals surface area contributed by atoms with E-state index >= 15 is 0 Å². The summed E-state index contributed by atoms with van der Waals surface area (Å²) in [4.78, 5) is 4.14. The molecule has 1 aliphatic rings. The van der Waals surface area contributed by atoms with E-state index in [0.29, 0.717) is 5.56 Å². The Hall–Kier alpha value is -1.00. The summed E-state index contributed by atoms with van der Waals surface area (Å²) < 4.78 is 8.48. The van der Waals surface area contributed by atoms with Crippen molar-refractivity contribution in [3.05, 3.63) is 51.1 Å². The van der Waals surface area contributed by atoms with Gasteiger partial charge in [-0.1, -0.05) is 6.07 Å². The molecule has 1 aliphatic heterocycles. The van der Waals surface area contributed by atoms with Gasteiger partial charge in [-0.25, -0.2) is 0 Å². The number of aliphatic hydroxyl groups is 3. The van der Waals surface area contributed by atoms with Gasteiger partial charge in [-0.3, -0.25) is 4.98 Å². The molecule has 1 saturated heterocycles. The van der Waals surface area contributed by atoms with Crippen molar-refractivity contribution in [2.24, 2.45) is 0 Å². The summed E-state index contributed by atoms with van der Waals surface area (Å²) in [6.07, 6.45) is -1.66. The number of aliphatic hydroxyl groups excluding tert-OH is 3. The molecule has 3 heterocycles. The lowest BCUT2D eigenvalue weighted by molar-refractivity contribution is -0.0867. The van der Waals surface area contributed by atoms with Gasteiger partial charge in [0.25, 0.3) is 0 Å². The number of aryl methyl sites for hydroxylation is 2. The van der Waals surface area contributed by atoms with Gasteiger partial charge in [0, 0.05) is 23.7 Å². The molecule has 0 bridgehead atoms. The van der Waals surface area contributed by atoms with Crippen LogP contribution in [0.4, 0.5) is 0 Å². The fraction of sp³-hybridized carbons (Fsp3) is 0.438. The molecule has 124 valence electrons. The van der Waals surface area contributed by atoms with E-state index in [-0.39, 0.29) is 0 Å². The number of hydrogen-bond donors (Lipinski definition) is 3. The van der Waals surface area contributed by atoms with Crippen molar-refractivity contribution >= 4 is 22.6 Å². The van der Waals surface area contributed by atoms with E-state index in [0.717, 1.165) is 15.0 Å². The lowest BCUT2D eigenvalue weighted by Gasteiger charge is -2.21. The fourth-order valence-electron chi connectivity index (χ4n) is 2.75. The molecule has 0 spiro atoms. The Morgan fingerprint density at radius 3 is 2.52 bits per heavy atom. The lowest BCUT2D eigenvalue weighted by atomic mass is 10.0. The maximum absolute atomic E-state index is 10.5. The third-order valence-corrected chi connectivity index (χ3v) is 5.58. The first-order chi connectivity index (χ1) is 10.9. The van der Waals surface area contributed by atoms with Gasteiger partial charge in [-0.2, -0.15) is 0 Å². The van der Waals surface area contributed by atoms with Crippen molar-refractivity contribution in [2.75, 3.05) is 0 Å². The number of halogens is 1. The molecule has 2 aromatic heterocycles. The summed E-state index contributed by atoms with van der Waals surface area (Å²) in [6.45, 7) is 3.81. The average molecular weight is 430 g/mol. The number of ether oxygens (including phenoxy) is 1. The van der Waals surface area contributed by atoms with Crippen LogP contribution in [-0.2, 0) is 4.74 Å². The first-order valence-corrected chi connectivity index (χ1v) is 8.43. The van der Waals surface area contributed by atoms with Crippen LogP contribution in [0.3, 0.4) is 0 Å². The zero-order valence-electron chi connectivity index (χ0n) is 12.8. The van der Waals surface area contributed by atoms with Gasteiger partial charge in [0.1, 0.15) is 24.4 Å². The molecule has 6 nitrogen and oxygen atoms in total. The van der Waals surface area contributed by atoms with Gasteiger partial charge in [0.05, 0.1) is 3.70 Å². The quantitative estimate of drug-likeness (QED) is 0.642. The molecule has 0 radical (unpaired) electrons. The summed E-state index contributed by atoms with van der Waals surface area (Å²) in [5, 5.41) is 31.1. The molecule has 3 rings (SSSR count). The molecule has 5 atom stereocenters. The Kier molecular flexibility index (Phi) is 4.75. The highest BCUT2D eigenvalue weighted by molar-refractivity contribution is 14.1. The van der Waals surface area contributed by atoms with Crippen LogP contribution < -0.4 is 0 Å². The van der Waals surface area contributed by atoms with E-state index in [4.69, 9.17) is 4.74 Å². The van der Waals surface area contributed by atoms with E-state index in [1.807, 2.05) is 19.9 Å². The Morgan fingerprint density at radius 1 is 1.22 bits per heavy atom. The monoisotopic (exact) mass is 430 g/mol. The number of hydrogen-bond acceptors (Lipinski definition) is 5. The Labute approximate surface area is 147 Å². The van der Waals surface area contributed by atoms with Crippen molar-refractivity contribution < 1.29 is 20.1 Å². The minimum Gasteiger partial charge on any atom is -0.387 e. The lowest BCUT2D eigenvalue weighted by Crippen LogP contribution is -2.35. The summed E-state index contributed by atoms with van der Waals surface area (Å²) in [5.74, 6) is 0. The van der Waals surface area contributed by atoms with Crippen LogP contribution in [0.15, 0.2) is 30.6 Å². The molecular formula is C16H19IN2O4.